The predicted molar refractivity (Wildman–Crippen MR) is 181 cm³/mol. The summed E-state index contributed by atoms with van der Waals surface area (Å²) >= 11 is 0. The Bertz CT molecular complexity index is 2420. The minimum atomic E-state index is -0.135. The van der Waals surface area contributed by atoms with Crippen molar-refractivity contribution in [3.63, 3.8) is 0 Å². The van der Waals surface area contributed by atoms with Crippen molar-refractivity contribution in [2.75, 3.05) is 0 Å². The van der Waals surface area contributed by atoms with Gasteiger partial charge < -0.3 is 4.42 Å². The summed E-state index contributed by atoms with van der Waals surface area (Å²) in [5, 5.41) is 4.67. The summed E-state index contributed by atoms with van der Waals surface area (Å²) < 4.78 is 6.26. The Labute approximate surface area is 255 Å². The van der Waals surface area contributed by atoms with Crippen LogP contribution in [-0.4, -0.2) is 9.97 Å². The van der Waals surface area contributed by atoms with Gasteiger partial charge in [0.2, 0.25) is 0 Å². The SMILES string of the molecule is CC1(C)c2cc3ccccc3cc2-c2c(-c3cc(-c4cccc5oc6ccccc6c45)nc(-c4ccccc4)n3)cccc21. The summed E-state index contributed by atoms with van der Waals surface area (Å²) in [6.45, 7) is 4.67. The summed E-state index contributed by atoms with van der Waals surface area (Å²) in [4.78, 5) is 10.4. The number of fused-ring (bicyclic) bond motifs is 7. The predicted octanol–water partition coefficient (Wildman–Crippen LogP) is 10.8. The van der Waals surface area contributed by atoms with Crippen LogP contribution in [0.1, 0.15) is 25.0 Å². The summed E-state index contributed by atoms with van der Waals surface area (Å²) in [6.07, 6.45) is 0. The van der Waals surface area contributed by atoms with Gasteiger partial charge in [0.15, 0.2) is 5.82 Å². The van der Waals surface area contributed by atoms with Gasteiger partial charge in [0.25, 0.3) is 0 Å². The molecule has 6 aromatic carbocycles. The number of furan rings is 1. The topological polar surface area (TPSA) is 38.9 Å². The molecule has 2 aromatic heterocycles. The third-order valence-corrected chi connectivity index (χ3v) is 9.28. The normalized spacial score (nSPS) is 13.4. The van der Waals surface area contributed by atoms with Gasteiger partial charge in [0.05, 0.1) is 11.4 Å². The minimum Gasteiger partial charge on any atom is -0.456 e. The Hall–Kier alpha value is -5.54. The van der Waals surface area contributed by atoms with E-state index in [0.29, 0.717) is 5.82 Å². The van der Waals surface area contributed by atoms with E-state index >= 15 is 0 Å². The first-order valence-corrected chi connectivity index (χ1v) is 15.1. The first kappa shape index (κ1) is 25.0. The molecule has 208 valence electrons. The second kappa shape index (κ2) is 9.23. The third-order valence-electron chi connectivity index (χ3n) is 9.28. The molecular weight excluding hydrogens is 536 g/mol. The fourth-order valence-electron chi connectivity index (χ4n) is 7.11. The molecule has 0 saturated heterocycles. The summed E-state index contributed by atoms with van der Waals surface area (Å²) in [5.74, 6) is 0.705. The molecule has 0 amide bonds. The fraction of sp³-hybridized carbons (Fsp3) is 0.0732. The first-order chi connectivity index (χ1) is 21.6. The molecule has 1 aliphatic rings. The van der Waals surface area contributed by atoms with E-state index in [1.165, 1.54) is 33.0 Å². The Morgan fingerprint density at radius 3 is 2.02 bits per heavy atom. The van der Waals surface area contributed by atoms with Crippen LogP contribution >= 0.6 is 0 Å². The molecule has 3 nitrogen and oxygen atoms in total. The monoisotopic (exact) mass is 564 g/mol. The number of aromatic nitrogens is 2. The molecule has 8 aromatic rings. The van der Waals surface area contributed by atoms with Crippen LogP contribution in [0.2, 0.25) is 0 Å². The summed E-state index contributed by atoms with van der Waals surface area (Å²) in [6, 6.07) is 46.9. The highest BCUT2D eigenvalue weighted by Crippen LogP contribution is 2.53. The zero-order chi connectivity index (χ0) is 29.4. The van der Waals surface area contributed by atoms with Crippen molar-refractivity contribution in [3.8, 4) is 45.0 Å². The maximum Gasteiger partial charge on any atom is 0.160 e. The Morgan fingerprint density at radius 1 is 0.523 bits per heavy atom. The molecule has 2 heterocycles. The minimum absolute atomic E-state index is 0.135. The molecule has 0 radical (unpaired) electrons. The number of hydrogen-bond acceptors (Lipinski definition) is 3. The van der Waals surface area contributed by atoms with Gasteiger partial charge >= 0.3 is 0 Å². The van der Waals surface area contributed by atoms with Crippen molar-refractivity contribution >= 4 is 32.7 Å². The third kappa shape index (κ3) is 3.62. The lowest BCUT2D eigenvalue weighted by atomic mass is 9.81. The van der Waals surface area contributed by atoms with Crippen LogP contribution in [-0.2, 0) is 5.41 Å². The number of para-hydroxylation sites is 1. The number of rotatable bonds is 3. The average Bonchev–Trinajstić information content (AvgIpc) is 3.56. The van der Waals surface area contributed by atoms with Gasteiger partial charge in [0.1, 0.15) is 11.2 Å². The molecule has 9 rings (SSSR count). The maximum atomic E-state index is 6.26. The zero-order valence-corrected chi connectivity index (χ0v) is 24.5. The standard InChI is InChI=1S/C41H28N2O/c1-41(2)32-19-10-17-28(38(32)31-22-26-14-6-7-15-27(26)23-33(31)41)34-24-35(43-40(42-34)25-12-4-3-5-13-25)29-18-11-21-37-39(29)30-16-8-9-20-36(30)44-37/h3-24H,1-2H3. The van der Waals surface area contributed by atoms with E-state index in [1.54, 1.807) is 0 Å². The van der Waals surface area contributed by atoms with Crippen molar-refractivity contribution in [2.24, 2.45) is 0 Å². The second-order valence-corrected chi connectivity index (χ2v) is 12.2. The summed E-state index contributed by atoms with van der Waals surface area (Å²) in [7, 11) is 0. The molecule has 44 heavy (non-hydrogen) atoms. The Kier molecular flexibility index (Phi) is 5.24. The number of hydrogen-bond donors (Lipinski definition) is 0. The van der Waals surface area contributed by atoms with Gasteiger partial charge in [-0.3, -0.25) is 0 Å². The fourth-order valence-corrected chi connectivity index (χ4v) is 7.11. The number of benzene rings is 6. The van der Waals surface area contributed by atoms with Crippen molar-refractivity contribution < 1.29 is 4.42 Å². The van der Waals surface area contributed by atoms with Gasteiger partial charge in [0, 0.05) is 32.9 Å². The lowest BCUT2D eigenvalue weighted by Crippen LogP contribution is -2.14. The van der Waals surface area contributed by atoms with E-state index in [9.17, 15) is 0 Å². The highest BCUT2D eigenvalue weighted by molar-refractivity contribution is 6.12. The van der Waals surface area contributed by atoms with Gasteiger partial charge in [-0.25, -0.2) is 9.97 Å². The quantitative estimate of drug-likeness (QED) is 0.214. The van der Waals surface area contributed by atoms with E-state index in [-0.39, 0.29) is 5.41 Å². The largest absolute Gasteiger partial charge is 0.456 e. The van der Waals surface area contributed by atoms with E-state index in [2.05, 4.69) is 105 Å². The Morgan fingerprint density at radius 2 is 1.18 bits per heavy atom. The van der Waals surface area contributed by atoms with Gasteiger partial charge in [-0.05, 0) is 63.4 Å². The van der Waals surface area contributed by atoms with Crippen LogP contribution in [0, 0.1) is 0 Å². The molecule has 0 saturated carbocycles. The van der Waals surface area contributed by atoms with Gasteiger partial charge in [-0.2, -0.15) is 0 Å². The zero-order valence-electron chi connectivity index (χ0n) is 24.5. The molecule has 0 bridgehead atoms. The highest BCUT2D eigenvalue weighted by atomic mass is 16.3. The molecule has 0 spiro atoms. The maximum absolute atomic E-state index is 6.26. The van der Waals surface area contributed by atoms with Crippen LogP contribution in [0.15, 0.2) is 138 Å². The molecule has 0 aliphatic heterocycles. The average molecular weight is 565 g/mol. The lowest BCUT2D eigenvalue weighted by molar-refractivity contribution is 0.661. The van der Waals surface area contributed by atoms with E-state index in [0.717, 1.165) is 50.0 Å². The lowest BCUT2D eigenvalue weighted by Gasteiger charge is -2.22. The van der Waals surface area contributed by atoms with Gasteiger partial charge in [-0.15, -0.1) is 0 Å². The van der Waals surface area contributed by atoms with Crippen LogP contribution in [0.25, 0.3) is 77.7 Å². The van der Waals surface area contributed by atoms with E-state index in [1.807, 2.05) is 42.5 Å². The van der Waals surface area contributed by atoms with Crippen molar-refractivity contribution in [2.45, 2.75) is 19.3 Å². The first-order valence-electron chi connectivity index (χ1n) is 15.1. The van der Waals surface area contributed by atoms with E-state index in [4.69, 9.17) is 14.4 Å². The van der Waals surface area contributed by atoms with Crippen molar-refractivity contribution in [1.29, 1.82) is 0 Å². The molecule has 1 aliphatic carbocycles. The van der Waals surface area contributed by atoms with E-state index < -0.39 is 0 Å². The van der Waals surface area contributed by atoms with Crippen LogP contribution < -0.4 is 0 Å². The smallest absolute Gasteiger partial charge is 0.160 e. The molecule has 0 unspecified atom stereocenters. The van der Waals surface area contributed by atoms with Crippen LogP contribution in [0.4, 0.5) is 0 Å². The molecule has 3 heteroatoms. The second-order valence-electron chi connectivity index (χ2n) is 12.2. The molecule has 0 fully saturated rings. The number of nitrogens with zero attached hydrogens (tertiary/aromatic N) is 2. The Balaban J connectivity index is 1.34. The van der Waals surface area contributed by atoms with Crippen LogP contribution in [0.3, 0.4) is 0 Å². The molecular formula is C41H28N2O. The molecule has 0 atom stereocenters. The van der Waals surface area contributed by atoms with Crippen molar-refractivity contribution in [1.82, 2.24) is 9.97 Å². The highest BCUT2D eigenvalue weighted by Gasteiger charge is 2.37. The van der Waals surface area contributed by atoms with Crippen molar-refractivity contribution in [3.05, 3.63) is 145 Å². The molecule has 0 N–H and O–H groups in total. The van der Waals surface area contributed by atoms with Gasteiger partial charge in [-0.1, -0.05) is 117 Å². The van der Waals surface area contributed by atoms with Crippen LogP contribution in [0.5, 0.6) is 0 Å². The summed E-state index contributed by atoms with van der Waals surface area (Å²) in [5.41, 5.74) is 11.7.